The van der Waals surface area contributed by atoms with Crippen molar-refractivity contribution >= 4 is 5.91 Å². The van der Waals surface area contributed by atoms with Crippen LogP contribution in [0.5, 0.6) is 11.6 Å². The van der Waals surface area contributed by atoms with E-state index in [0.717, 1.165) is 24.5 Å². The molecule has 5 nitrogen and oxygen atoms in total. The molecule has 0 radical (unpaired) electrons. The number of hydrogen-bond acceptors (Lipinski definition) is 4. The minimum absolute atomic E-state index is 0.383. The maximum absolute atomic E-state index is 11.2. The van der Waals surface area contributed by atoms with Gasteiger partial charge in [0, 0.05) is 24.3 Å². The fourth-order valence-electron chi connectivity index (χ4n) is 4.45. The second kappa shape index (κ2) is 8.31. The van der Waals surface area contributed by atoms with Crippen molar-refractivity contribution in [1.82, 2.24) is 10.3 Å². The molecule has 1 aromatic heterocycles. The van der Waals surface area contributed by atoms with Crippen molar-refractivity contribution in [2.24, 2.45) is 11.7 Å². The summed E-state index contributed by atoms with van der Waals surface area (Å²) in [4.78, 5) is 15.4. The van der Waals surface area contributed by atoms with Crippen molar-refractivity contribution in [2.45, 2.75) is 64.0 Å². The zero-order valence-electron chi connectivity index (χ0n) is 16.5. The minimum atomic E-state index is -0.484. The Morgan fingerprint density at radius 3 is 2.64 bits per heavy atom. The number of amides is 1. The molecule has 3 N–H and O–H groups in total. The van der Waals surface area contributed by atoms with E-state index in [4.69, 9.17) is 10.5 Å². The van der Waals surface area contributed by atoms with Crippen LogP contribution < -0.4 is 15.8 Å². The summed E-state index contributed by atoms with van der Waals surface area (Å²) >= 11 is 0. The highest BCUT2D eigenvalue weighted by Gasteiger charge is 2.26. The molecular formula is C23H29N3O2. The number of carbonyl (C=O) groups is 1. The average Bonchev–Trinajstić information content (AvgIpc) is 2.70. The molecule has 2 aromatic rings. The number of rotatable bonds is 5. The summed E-state index contributed by atoms with van der Waals surface area (Å²) < 4.78 is 6.07. The molecule has 2 aliphatic carbocycles. The van der Waals surface area contributed by atoms with Gasteiger partial charge in [0.15, 0.2) is 0 Å². The topological polar surface area (TPSA) is 77.2 Å². The highest BCUT2D eigenvalue weighted by atomic mass is 16.5. The third-order valence-corrected chi connectivity index (χ3v) is 6.17. The summed E-state index contributed by atoms with van der Waals surface area (Å²) in [7, 11) is 0. The Labute approximate surface area is 166 Å². The van der Waals surface area contributed by atoms with E-state index in [1.807, 2.05) is 12.1 Å². The number of fused-ring (bicyclic) bond motifs is 1. The lowest BCUT2D eigenvalue weighted by Crippen LogP contribution is -2.43. The molecule has 0 spiro atoms. The van der Waals surface area contributed by atoms with Gasteiger partial charge < -0.3 is 15.8 Å². The van der Waals surface area contributed by atoms with Gasteiger partial charge in [-0.1, -0.05) is 19.1 Å². The van der Waals surface area contributed by atoms with Gasteiger partial charge in [-0.25, -0.2) is 4.98 Å². The number of pyridine rings is 1. The van der Waals surface area contributed by atoms with Gasteiger partial charge in [0.25, 0.3) is 0 Å². The summed E-state index contributed by atoms with van der Waals surface area (Å²) in [5.74, 6) is 1.73. The van der Waals surface area contributed by atoms with Crippen molar-refractivity contribution in [2.75, 3.05) is 0 Å². The highest BCUT2D eigenvalue weighted by molar-refractivity contribution is 5.92. The van der Waals surface area contributed by atoms with Crippen molar-refractivity contribution in [3.63, 3.8) is 0 Å². The fraction of sp³-hybridized carbons (Fsp3) is 0.478. The maximum Gasteiger partial charge on any atom is 0.250 e. The third-order valence-electron chi connectivity index (χ3n) is 6.17. The van der Waals surface area contributed by atoms with E-state index in [1.54, 1.807) is 12.1 Å². The molecule has 2 aliphatic rings. The fourth-order valence-corrected chi connectivity index (χ4v) is 4.45. The van der Waals surface area contributed by atoms with E-state index in [1.165, 1.54) is 49.4 Å². The van der Waals surface area contributed by atoms with E-state index in [2.05, 4.69) is 23.3 Å². The van der Waals surface area contributed by atoms with Gasteiger partial charge in [-0.2, -0.15) is 0 Å². The van der Waals surface area contributed by atoms with Gasteiger partial charge in [0.2, 0.25) is 11.8 Å². The number of nitrogens with two attached hydrogens (primary N) is 1. The number of ether oxygens (including phenoxy) is 1. The molecule has 5 heteroatoms. The Balaban J connectivity index is 1.45. The van der Waals surface area contributed by atoms with Crippen LogP contribution in [0, 0.1) is 5.92 Å². The van der Waals surface area contributed by atoms with E-state index in [9.17, 15) is 4.79 Å². The Morgan fingerprint density at radius 1 is 1.11 bits per heavy atom. The van der Waals surface area contributed by atoms with Gasteiger partial charge in [-0.15, -0.1) is 0 Å². The number of nitrogens with one attached hydrogen (secondary N) is 1. The third kappa shape index (κ3) is 4.36. The predicted molar refractivity (Wildman–Crippen MR) is 110 cm³/mol. The lowest BCUT2D eigenvalue weighted by Gasteiger charge is -2.33. The Kier molecular flexibility index (Phi) is 5.62. The SMILES string of the molecule is CC1CCC(NC2CCc3cccc(Oc4ccc(C(N)=O)cn4)c3C2)CC1. The molecule has 0 aliphatic heterocycles. The molecule has 4 rings (SSSR count). The van der Waals surface area contributed by atoms with Crippen molar-refractivity contribution in [3.8, 4) is 11.6 Å². The Bertz CT molecular complexity index is 826. The molecule has 0 bridgehead atoms. The van der Waals surface area contributed by atoms with Crippen LogP contribution in [0.4, 0.5) is 0 Å². The zero-order valence-corrected chi connectivity index (χ0v) is 16.5. The number of nitrogens with zero attached hydrogens (tertiary/aromatic N) is 1. The van der Waals surface area contributed by atoms with Crippen LogP contribution in [0.3, 0.4) is 0 Å². The van der Waals surface area contributed by atoms with Gasteiger partial charge in [-0.3, -0.25) is 4.79 Å². The molecule has 0 saturated heterocycles. The quantitative estimate of drug-likeness (QED) is 0.823. The molecule has 1 fully saturated rings. The molecule has 1 atom stereocenters. The average molecular weight is 380 g/mol. The summed E-state index contributed by atoms with van der Waals surface area (Å²) in [5, 5.41) is 3.91. The first-order chi connectivity index (χ1) is 13.6. The van der Waals surface area contributed by atoms with Gasteiger partial charge in [-0.05, 0) is 74.1 Å². The Hall–Kier alpha value is -2.40. The monoisotopic (exact) mass is 379 g/mol. The van der Waals surface area contributed by atoms with Crippen LogP contribution in [-0.4, -0.2) is 23.0 Å². The highest BCUT2D eigenvalue weighted by Crippen LogP contribution is 2.33. The number of primary amides is 1. The zero-order chi connectivity index (χ0) is 19.5. The predicted octanol–water partition coefficient (Wildman–Crippen LogP) is 4.00. The van der Waals surface area contributed by atoms with Gasteiger partial charge in [0.05, 0.1) is 5.56 Å². The largest absolute Gasteiger partial charge is 0.439 e. The molecule has 1 unspecified atom stereocenters. The van der Waals surface area contributed by atoms with E-state index in [0.29, 0.717) is 23.5 Å². The summed E-state index contributed by atoms with van der Waals surface area (Å²) in [6.07, 6.45) is 9.94. The van der Waals surface area contributed by atoms with Crippen molar-refractivity contribution in [3.05, 3.63) is 53.2 Å². The smallest absolute Gasteiger partial charge is 0.250 e. The normalized spacial score (nSPS) is 24.4. The molecule has 148 valence electrons. The first-order valence-corrected chi connectivity index (χ1v) is 10.4. The molecule has 1 saturated carbocycles. The standard InChI is InChI=1S/C23H29N3O2/c1-15-5-9-18(10-6-15)26-19-11-7-16-3-2-4-21(20(16)13-19)28-22-12-8-17(14-25-22)23(24)27/h2-4,8,12,14-15,18-19,26H,5-7,9-11,13H2,1H3,(H2,24,27). The number of benzene rings is 1. The summed E-state index contributed by atoms with van der Waals surface area (Å²) in [5.41, 5.74) is 8.30. The lowest BCUT2D eigenvalue weighted by atomic mass is 9.84. The molecular weight excluding hydrogens is 350 g/mol. The number of hydrogen-bond donors (Lipinski definition) is 2. The number of carbonyl (C=O) groups excluding carboxylic acids is 1. The van der Waals surface area contributed by atoms with Crippen LogP contribution in [0.15, 0.2) is 36.5 Å². The number of aryl methyl sites for hydroxylation is 1. The maximum atomic E-state index is 11.2. The van der Waals surface area contributed by atoms with Crippen LogP contribution >= 0.6 is 0 Å². The van der Waals surface area contributed by atoms with E-state index < -0.39 is 5.91 Å². The van der Waals surface area contributed by atoms with E-state index in [-0.39, 0.29) is 0 Å². The van der Waals surface area contributed by atoms with Crippen LogP contribution in [0.2, 0.25) is 0 Å². The molecule has 1 amide bonds. The molecule has 1 aromatic carbocycles. The second-order valence-electron chi connectivity index (χ2n) is 8.31. The van der Waals surface area contributed by atoms with Crippen LogP contribution in [0.1, 0.15) is 60.5 Å². The first-order valence-electron chi connectivity index (χ1n) is 10.4. The number of aromatic nitrogens is 1. The molecule has 1 heterocycles. The minimum Gasteiger partial charge on any atom is -0.439 e. The van der Waals surface area contributed by atoms with Crippen LogP contribution in [-0.2, 0) is 12.8 Å². The van der Waals surface area contributed by atoms with Gasteiger partial charge in [0.1, 0.15) is 5.75 Å². The second-order valence-corrected chi connectivity index (χ2v) is 8.31. The lowest BCUT2D eigenvalue weighted by molar-refractivity contribution is 0.1000. The van der Waals surface area contributed by atoms with Gasteiger partial charge >= 0.3 is 0 Å². The first kappa shape index (κ1) is 18.9. The van der Waals surface area contributed by atoms with Crippen molar-refractivity contribution < 1.29 is 9.53 Å². The summed E-state index contributed by atoms with van der Waals surface area (Å²) in [6, 6.07) is 10.7. The Morgan fingerprint density at radius 2 is 1.93 bits per heavy atom. The molecule has 28 heavy (non-hydrogen) atoms. The van der Waals surface area contributed by atoms with E-state index >= 15 is 0 Å². The summed E-state index contributed by atoms with van der Waals surface area (Å²) in [6.45, 7) is 2.36. The van der Waals surface area contributed by atoms with Crippen molar-refractivity contribution in [1.29, 1.82) is 0 Å². The van der Waals surface area contributed by atoms with Crippen LogP contribution in [0.25, 0.3) is 0 Å².